The summed E-state index contributed by atoms with van der Waals surface area (Å²) in [6.07, 6.45) is 8.37. The molecular formula is C26H28FN3OS. The Bertz CT molecular complexity index is 1110. The summed E-state index contributed by atoms with van der Waals surface area (Å²) in [5.41, 5.74) is 4.05. The molecule has 0 saturated heterocycles. The molecule has 0 unspecified atom stereocenters. The highest BCUT2D eigenvalue weighted by Gasteiger charge is 2.29. The smallest absolute Gasteiger partial charge is 0.237 e. The van der Waals surface area contributed by atoms with Gasteiger partial charge >= 0.3 is 0 Å². The predicted molar refractivity (Wildman–Crippen MR) is 128 cm³/mol. The number of hydrogen-bond acceptors (Lipinski definition) is 3. The number of imidazole rings is 1. The van der Waals surface area contributed by atoms with Crippen molar-refractivity contribution in [3.8, 4) is 11.3 Å². The number of hydrogen-bond donors (Lipinski definition) is 0. The van der Waals surface area contributed by atoms with Crippen molar-refractivity contribution in [3.05, 3.63) is 66.1 Å². The first-order valence-corrected chi connectivity index (χ1v) is 12.5. The van der Waals surface area contributed by atoms with E-state index in [4.69, 9.17) is 4.98 Å². The average Bonchev–Trinajstić information content (AvgIpc) is 3.48. The number of aryl methyl sites for hydroxylation is 1. The second-order valence-electron chi connectivity index (χ2n) is 8.81. The molecule has 1 aromatic heterocycles. The topological polar surface area (TPSA) is 38.1 Å². The largest absolute Gasteiger partial charge is 0.316 e. The van der Waals surface area contributed by atoms with Crippen LogP contribution in [0.15, 0.2) is 59.9 Å². The van der Waals surface area contributed by atoms with E-state index in [9.17, 15) is 9.18 Å². The first kappa shape index (κ1) is 21.3. The van der Waals surface area contributed by atoms with Gasteiger partial charge < -0.3 is 9.47 Å². The van der Waals surface area contributed by atoms with Crippen molar-refractivity contribution < 1.29 is 9.18 Å². The van der Waals surface area contributed by atoms with Crippen LogP contribution in [0, 0.1) is 5.82 Å². The molecule has 0 radical (unpaired) electrons. The number of halogens is 1. The molecule has 5 rings (SSSR count). The molecule has 2 aromatic carbocycles. The van der Waals surface area contributed by atoms with E-state index in [1.54, 1.807) is 12.1 Å². The Morgan fingerprint density at radius 2 is 1.91 bits per heavy atom. The summed E-state index contributed by atoms with van der Waals surface area (Å²) in [5.74, 6) is 0.128. The van der Waals surface area contributed by atoms with Crippen LogP contribution in [0.1, 0.15) is 50.6 Å². The van der Waals surface area contributed by atoms with Crippen molar-refractivity contribution in [2.24, 2.45) is 0 Å². The van der Waals surface area contributed by atoms with E-state index >= 15 is 0 Å². The number of thioether (sulfide) groups is 1. The first-order chi connectivity index (χ1) is 15.6. The summed E-state index contributed by atoms with van der Waals surface area (Å²) >= 11 is 1.52. The monoisotopic (exact) mass is 449 g/mol. The van der Waals surface area contributed by atoms with Crippen LogP contribution in [0.2, 0.25) is 0 Å². The van der Waals surface area contributed by atoms with Crippen LogP contribution in [0.25, 0.3) is 11.3 Å². The maximum atomic E-state index is 13.7. The summed E-state index contributed by atoms with van der Waals surface area (Å²) in [5, 5.41) is 0.910. The quantitative estimate of drug-likeness (QED) is 0.431. The van der Waals surface area contributed by atoms with Gasteiger partial charge in [-0.15, -0.1) is 0 Å². The molecule has 4 nitrogen and oxygen atoms in total. The molecule has 32 heavy (non-hydrogen) atoms. The lowest BCUT2D eigenvalue weighted by Crippen LogP contribution is -2.43. The normalized spacial score (nSPS) is 18.7. The van der Waals surface area contributed by atoms with Crippen LogP contribution in [0.5, 0.6) is 0 Å². The molecular weight excluding hydrogens is 421 g/mol. The first-order valence-electron chi connectivity index (χ1n) is 11.5. The van der Waals surface area contributed by atoms with Crippen molar-refractivity contribution in [1.82, 2.24) is 9.55 Å². The van der Waals surface area contributed by atoms with Gasteiger partial charge in [0.25, 0.3) is 0 Å². The highest BCUT2D eigenvalue weighted by Crippen LogP contribution is 2.38. The highest BCUT2D eigenvalue weighted by atomic mass is 32.2. The molecule has 6 heteroatoms. The Hall–Kier alpha value is -2.60. The van der Waals surface area contributed by atoms with Gasteiger partial charge in [0.15, 0.2) is 5.16 Å². The number of carbonyl (C=O) groups is 1. The van der Waals surface area contributed by atoms with E-state index < -0.39 is 0 Å². The molecule has 166 valence electrons. The Morgan fingerprint density at radius 1 is 1.12 bits per heavy atom. The van der Waals surface area contributed by atoms with Crippen LogP contribution >= 0.6 is 11.8 Å². The predicted octanol–water partition coefficient (Wildman–Crippen LogP) is 6.26. The summed E-state index contributed by atoms with van der Waals surface area (Å²) < 4.78 is 16.1. The van der Waals surface area contributed by atoms with Crippen molar-refractivity contribution in [2.75, 3.05) is 10.7 Å². The molecule has 2 aliphatic rings. The highest BCUT2D eigenvalue weighted by molar-refractivity contribution is 7.99. The van der Waals surface area contributed by atoms with Gasteiger partial charge in [0, 0.05) is 17.8 Å². The summed E-state index contributed by atoms with van der Waals surface area (Å²) in [7, 11) is 0. The Labute approximate surface area is 192 Å². The number of benzene rings is 2. The van der Waals surface area contributed by atoms with E-state index in [-0.39, 0.29) is 17.8 Å². The number of rotatable bonds is 5. The molecule has 1 atom stereocenters. The molecule has 0 N–H and O–H groups in total. The molecule has 1 aliphatic carbocycles. The van der Waals surface area contributed by atoms with Gasteiger partial charge in [-0.25, -0.2) is 9.37 Å². The second-order valence-corrected chi connectivity index (χ2v) is 9.76. The molecule has 1 fully saturated rings. The van der Waals surface area contributed by atoms with Gasteiger partial charge in [0.1, 0.15) is 5.82 Å². The number of carbonyl (C=O) groups excluding carboxylic acids is 1. The van der Waals surface area contributed by atoms with Crippen molar-refractivity contribution in [2.45, 2.75) is 62.7 Å². The molecule has 0 bridgehead atoms. The van der Waals surface area contributed by atoms with Crippen LogP contribution in [0.3, 0.4) is 0 Å². The Balaban J connectivity index is 1.39. The zero-order valence-electron chi connectivity index (χ0n) is 18.3. The lowest BCUT2D eigenvalue weighted by molar-refractivity contribution is -0.116. The third kappa shape index (κ3) is 4.08. The van der Waals surface area contributed by atoms with Gasteiger partial charge in [-0.2, -0.15) is 0 Å². The minimum Gasteiger partial charge on any atom is -0.316 e. The fourth-order valence-electron chi connectivity index (χ4n) is 5.08. The van der Waals surface area contributed by atoms with E-state index in [1.807, 2.05) is 17.2 Å². The third-order valence-corrected chi connectivity index (χ3v) is 7.64. The zero-order valence-corrected chi connectivity index (χ0v) is 19.2. The SMILES string of the molecule is C[C@H]1CCc2cc(F)ccc2N1C(=O)CSc1ncc(-c2ccccc2)n1C1CCCC1. The molecule has 1 amide bonds. The minimum absolute atomic E-state index is 0.0530. The summed E-state index contributed by atoms with van der Waals surface area (Å²) in [4.78, 5) is 19.9. The van der Waals surface area contributed by atoms with Crippen molar-refractivity contribution in [1.29, 1.82) is 0 Å². The van der Waals surface area contributed by atoms with E-state index in [2.05, 4.69) is 35.8 Å². The third-order valence-electron chi connectivity index (χ3n) is 6.69. The molecule has 0 spiro atoms. The van der Waals surface area contributed by atoms with Crippen LogP contribution in [-0.2, 0) is 11.2 Å². The molecule has 3 aromatic rings. The van der Waals surface area contributed by atoms with Crippen LogP contribution in [-0.4, -0.2) is 27.3 Å². The Kier molecular flexibility index (Phi) is 6.05. The maximum absolute atomic E-state index is 13.7. The average molecular weight is 450 g/mol. The van der Waals surface area contributed by atoms with Crippen molar-refractivity contribution >= 4 is 23.4 Å². The van der Waals surface area contributed by atoms with E-state index in [0.717, 1.165) is 53.3 Å². The van der Waals surface area contributed by atoms with Gasteiger partial charge in [0.05, 0.1) is 17.6 Å². The van der Waals surface area contributed by atoms with Gasteiger partial charge in [0.2, 0.25) is 5.91 Å². The van der Waals surface area contributed by atoms with Gasteiger partial charge in [-0.1, -0.05) is 54.9 Å². The number of aromatic nitrogens is 2. The number of nitrogens with zero attached hydrogens (tertiary/aromatic N) is 3. The second kappa shape index (κ2) is 9.10. The number of fused-ring (bicyclic) bond motifs is 1. The molecule has 1 saturated carbocycles. The summed E-state index contributed by atoms with van der Waals surface area (Å²) in [6.45, 7) is 2.07. The zero-order chi connectivity index (χ0) is 22.1. The van der Waals surface area contributed by atoms with Gasteiger partial charge in [-0.05, 0) is 61.9 Å². The molecule has 2 heterocycles. The van der Waals surface area contributed by atoms with Crippen LogP contribution in [0.4, 0.5) is 10.1 Å². The Morgan fingerprint density at radius 3 is 2.69 bits per heavy atom. The standard InChI is InChI=1S/C26H28FN3OS/c1-18-11-12-20-15-21(27)13-14-23(20)29(18)25(31)17-32-26-28-16-24(19-7-3-2-4-8-19)30(26)22-9-5-6-10-22/h2-4,7-8,13-16,18,22H,5-6,9-12,17H2,1H3/t18-/m0/s1. The van der Waals surface area contributed by atoms with Crippen molar-refractivity contribution in [3.63, 3.8) is 0 Å². The molecule has 1 aliphatic heterocycles. The minimum atomic E-state index is -0.243. The van der Waals surface area contributed by atoms with Gasteiger partial charge in [-0.3, -0.25) is 4.79 Å². The number of amides is 1. The lowest BCUT2D eigenvalue weighted by atomic mass is 9.96. The van der Waals surface area contributed by atoms with E-state index in [1.165, 1.54) is 30.7 Å². The lowest BCUT2D eigenvalue weighted by Gasteiger charge is -2.35. The maximum Gasteiger partial charge on any atom is 0.237 e. The fourth-order valence-corrected chi connectivity index (χ4v) is 5.99. The van der Waals surface area contributed by atoms with Crippen LogP contribution < -0.4 is 4.90 Å². The number of anilines is 1. The van der Waals surface area contributed by atoms with E-state index in [0.29, 0.717) is 11.8 Å². The fraction of sp³-hybridized carbons (Fsp3) is 0.385. The summed E-state index contributed by atoms with van der Waals surface area (Å²) in [6, 6.07) is 15.7.